The summed E-state index contributed by atoms with van der Waals surface area (Å²) < 4.78 is 0. The molecule has 5 heteroatoms. The Morgan fingerprint density at radius 1 is 1.18 bits per heavy atom. The summed E-state index contributed by atoms with van der Waals surface area (Å²) in [6.45, 7) is 2.05. The minimum absolute atomic E-state index is 0.0969. The molecule has 0 saturated carbocycles. The maximum atomic E-state index is 12.5. The fraction of sp³-hybridized carbons (Fsp3) is 0.529. The second-order valence-electron chi connectivity index (χ2n) is 6.06. The van der Waals surface area contributed by atoms with E-state index >= 15 is 0 Å². The van der Waals surface area contributed by atoms with Gasteiger partial charge in [0.05, 0.1) is 0 Å². The lowest BCUT2D eigenvalue weighted by Gasteiger charge is -2.33. The lowest BCUT2D eigenvalue weighted by molar-refractivity contribution is -0.145. The number of aliphatic carboxylic acids is 1. The number of benzene rings is 1. The Balaban J connectivity index is 1.60. The van der Waals surface area contributed by atoms with E-state index in [2.05, 4.69) is 6.07 Å². The topological polar surface area (TPSA) is 60.9 Å². The van der Waals surface area contributed by atoms with E-state index in [0.717, 1.165) is 38.0 Å². The third kappa shape index (κ3) is 2.99. The summed E-state index contributed by atoms with van der Waals surface area (Å²) in [6, 6.07) is 7.58. The minimum atomic E-state index is -0.765. The van der Waals surface area contributed by atoms with Gasteiger partial charge in [-0.2, -0.15) is 0 Å². The summed E-state index contributed by atoms with van der Waals surface area (Å²) in [7, 11) is 0. The highest BCUT2D eigenvalue weighted by molar-refractivity contribution is 5.95. The summed E-state index contributed by atoms with van der Waals surface area (Å²) in [6.07, 6.45) is 3.96. The molecule has 0 aromatic heterocycles. The summed E-state index contributed by atoms with van der Waals surface area (Å²) in [4.78, 5) is 27.6. The van der Waals surface area contributed by atoms with Crippen molar-refractivity contribution in [2.45, 2.75) is 38.1 Å². The standard InChI is InChI=1S/C17H22N2O3/c20-16(19-12-8-13-5-1-2-6-14(13)19)9-11-18-10-4-3-7-15(18)17(21)22/h1-2,5-6,15H,3-4,7-12H2,(H,21,22). The summed E-state index contributed by atoms with van der Waals surface area (Å²) in [5, 5.41) is 9.28. The quantitative estimate of drug-likeness (QED) is 0.923. The molecular weight excluding hydrogens is 280 g/mol. The van der Waals surface area contributed by atoms with Crippen LogP contribution in [0.25, 0.3) is 0 Å². The number of piperidine rings is 1. The number of nitrogens with zero attached hydrogens (tertiary/aromatic N) is 2. The molecule has 0 radical (unpaired) electrons. The van der Waals surface area contributed by atoms with Crippen LogP contribution >= 0.6 is 0 Å². The molecule has 1 atom stereocenters. The van der Waals surface area contributed by atoms with E-state index in [4.69, 9.17) is 0 Å². The molecule has 2 aliphatic rings. The average molecular weight is 302 g/mol. The molecule has 0 aliphatic carbocycles. The third-order valence-corrected chi connectivity index (χ3v) is 4.70. The van der Waals surface area contributed by atoms with Crippen LogP contribution in [0.4, 0.5) is 5.69 Å². The molecule has 5 nitrogen and oxygen atoms in total. The van der Waals surface area contributed by atoms with Crippen molar-refractivity contribution in [1.29, 1.82) is 0 Å². The number of amides is 1. The number of carboxylic acids is 1. The maximum Gasteiger partial charge on any atom is 0.320 e. The van der Waals surface area contributed by atoms with Crippen molar-refractivity contribution < 1.29 is 14.7 Å². The SMILES string of the molecule is O=C(O)C1CCCCN1CCC(=O)N1CCc2ccccc21. The van der Waals surface area contributed by atoms with Crippen molar-refractivity contribution in [2.75, 3.05) is 24.5 Å². The van der Waals surface area contributed by atoms with E-state index < -0.39 is 12.0 Å². The second kappa shape index (κ2) is 6.48. The van der Waals surface area contributed by atoms with Gasteiger partial charge in [-0.1, -0.05) is 24.6 Å². The van der Waals surface area contributed by atoms with Gasteiger partial charge < -0.3 is 10.0 Å². The molecule has 0 bridgehead atoms. The average Bonchev–Trinajstić information content (AvgIpc) is 2.97. The number of hydrogen-bond donors (Lipinski definition) is 1. The van der Waals surface area contributed by atoms with Gasteiger partial charge >= 0.3 is 5.97 Å². The number of rotatable bonds is 4. The molecule has 2 aliphatic heterocycles. The van der Waals surface area contributed by atoms with E-state index in [1.807, 2.05) is 28.0 Å². The normalized spacial score (nSPS) is 21.6. The number of anilines is 1. The molecule has 2 heterocycles. The smallest absolute Gasteiger partial charge is 0.320 e. The van der Waals surface area contributed by atoms with Crippen molar-refractivity contribution in [2.24, 2.45) is 0 Å². The van der Waals surface area contributed by atoms with Crippen molar-refractivity contribution in [3.05, 3.63) is 29.8 Å². The molecule has 3 rings (SSSR count). The Morgan fingerprint density at radius 2 is 2.00 bits per heavy atom. The molecule has 1 aromatic carbocycles. The lowest BCUT2D eigenvalue weighted by atomic mass is 10.0. The van der Waals surface area contributed by atoms with Crippen molar-refractivity contribution in [3.63, 3.8) is 0 Å². The van der Waals surface area contributed by atoms with Gasteiger partial charge in [0, 0.05) is 25.2 Å². The number of fused-ring (bicyclic) bond motifs is 1. The fourth-order valence-electron chi connectivity index (χ4n) is 3.51. The van der Waals surface area contributed by atoms with Gasteiger partial charge in [-0.05, 0) is 37.4 Å². The molecule has 1 amide bonds. The van der Waals surface area contributed by atoms with E-state index in [0.29, 0.717) is 19.4 Å². The van der Waals surface area contributed by atoms with Gasteiger partial charge in [0.2, 0.25) is 5.91 Å². The van der Waals surface area contributed by atoms with Crippen molar-refractivity contribution >= 4 is 17.6 Å². The van der Waals surface area contributed by atoms with Crippen LogP contribution in [0.5, 0.6) is 0 Å². The molecule has 1 aromatic rings. The molecule has 1 unspecified atom stereocenters. The van der Waals surface area contributed by atoms with Crippen LogP contribution in [0, 0.1) is 0 Å². The van der Waals surface area contributed by atoms with E-state index in [1.165, 1.54) is 5.56 Å². The van der Waals surface area contributed by atoms with Gasteiger partial charge in [0.15, 0.2) is 0 Å². The van der Waals surface area contributed by atoms with E-state index in [9.17, 15) is 14.7 Å². The third-order valence-electron chi connectivity index (χ3n) is 4.70. The predicted molar refractivity (Wildman–Crippen MR) is 84.0 cm³/mol. The monoisotopic (exact) mass is 302 g/mol. The number of hydrogen-bond acceptors (Lipinski definition) is 3. The van der Waals surface area contributed by atoms with Gasteiger partial charge in [0.25, 0.3) is 0 Å². The Kier molecular flexibility index (Phi) is 4.43. The highest BCUT2D eigenvalue weighted by Crippen LogP contribution is 2.28. The van der Waals surface area contributed by atoms with Crippen LogP contribution in [-0.2, 0) is 16.0 Å². The van der Waals surface area contributed by atoms with Gasteiger partial charge in [-0.25, -0.2) is 0 Å². The first-order chi connectivity index (χ1) is 10.7. The minimum Gasteiger partial charge on any atom is -0.480 e. The van der Waals surface area contributed by atoms with Gasteiger partial charge in [-0.15, -0.1) is 0 Å². The van der Waals surface area contributed by atoms with Crippen molar-refractivity contribution in [3.8, 4) is 0 Å². The highest BCUT2D eigenvalue weighted by Gasteiger charge is 2.30. The Morgan fingerprint density at radius 3 is 2.82 bits per heavy atom. The predicted octanol–water partition coefficient (Wildman–Crippen LogP) is 1.90. The summed E-state index contributed by atoms with van der Waals surface area (Å²) in [5.74, 6) is -0.668. The van der Waals surface area contributed by atoms with Crippen LogP contribution < -0.4 is 4.90 Å². The first kappa shape index (κ1) is 15.0. The second-order valence-corrected chi connectivity index (χ2v) is 6.06. The fourth-order valence-corrected chi connectivity index (χ4v) is 3.51. The molecule has 1 fully saturated rings. The summed E-state index contributed by atoms with van der Waals surface area (Å²) >= 11 is 0. The first-order valence-corrected chi connectivity index (χ1v) is 8.02. The zero-order valence-corrected chi connectivity index (χ0v) is 12.7. The molecule has 1 saturated heterocycles. The maximum absolute atomic E-state index is 12.5. The molecule has 22 heavy (non-hydrogen) atoms. The number of carbonyl (C=O) groups excluding carboxylic acids is 1. The number of para-hydroxylation sites is 1. The van der Waals surface area contributed by atoms with E-state index in [1.54, 1.807) is 0 Å². The summed E-state index contributed by atoms with van der Waals surface area (Å²) in [5.41, 5.74) is 2.23. The zero-order valence-electron chi connectivity index (χ0n) is 12.7. The van der Waals surface area contributed by atoms with Crippen LogP contribution in [0.1, 0.15) is 31.2 Å². The Labute approximate surface area is 130 Å². The lowest BCUT2D eigenvalue weighted by Crippen LogP contribution is -2.46. The van der Waals surface area contributed by atoms with Gasteiger partial charge in [-0.3, -0.25) is 14.5 Å². The van der Waals surface area contributed by atoms with Crippen LogP contribution in [-0.4, -0.2) is 47.6 Å². The number of carboxylic acid groups (broad SMARTS) is 1. The zero-order chi connectivity index (χ0) is 15.5. The molecule has 118 valence electrons. The largest absolute Gasteiger partial charge is 0.480 e. The highest BCUT2D eigenvalue weighted by atomic mass is 16.4. The Bertz CT molecular complexity index is 573. The van der Waals surface area contributed by atoms with Gasteiger partial charge in [0.1, 0.15) is 6.04 Å². The Hall–Kier alpha value is -1.88. The van der Waals surface area contributed by atoms with Crippen LogP contribution in [0.2, 0.25) is 0 Å². The number of likely N-dealkylation sites (tertiary alicyclic amines) is 1. The van der Waals surface area contributed by atoms with Crippen molar-refractivity contribution in [1.82, 2.24) is 4.90 Å². The molecule has 0 spiro atoms. The van der Waals surface area contributed by atoms with E-state index in [-0.39, 0.29) is 5.91 Å². The number of carbonyl (C=O) groups is 2. The first-order valence-electron chi connectivity index (χ1n) is 8.02. The van der Waals surface area contributed by atoms with Crippen LogP contribution in [0.3, 0.4) is 0 Å². The molecule has 1 N–H and O–H groups in total. The van der Waals surface area contributed by atoms with Crippen LogP contribution in [0.15, 0.2) is 24.3 Å². The molecular formula is C17H22N2O3.